The van der Waals surface area contributed by atoms with Crippen molar-refractivity contribution < 1.29 is 0 Å². The zero-order valence-electron chi connectivity index (χ0n) is 10.9. The molecule has 0 aliphatic carbocycles. The van der Waals surface area contributed by atoms with Gasteiger partial charge in [-0.25, -0.2) is 0 Å². The fraction of sp³-hybridized carbons (Fsp3) is 0.538. The Morgan fingerprint density at radius 2 is 2.06 bits per heavy atom. The predicted octanol–water partition coefficient (Wildman–Crippen LogP) is 3.66. The Balaban J connectivity index is 2.89. The zero-order chi connectivity index (χ0) is 13.0. The minimum atomic E-state index is 0.0624. The normalized spacial score (nSPS) is 14.5. The highest BCUT2D eigenvalue weighted by Crippen LogP contribution is 2.28. The molecule has 4 heteroatoms. The molecule has 0 aromatic heterocycles. The van der Waals surface area contributed by atoms with Crippen molar-refractivity contribution >= 4 is 33.4 Å². The summed E-state index contributed by atoms with van der Waals surface area (Å²) in [7, 11) is 2.13. The van der Waals surface area contributed by atoms with E-state index in [1.165, 1.54) is 5.69 Å². The smallest absolute Gasteiger partial charge is 0.0377 e. The molecular weight excluding hydrogens is 296 g/mol. The van der Waals surface area contributed by atoms with Gasteiger partial charge in [0.1, 0.15) is 0 Å². The van der Waals surface area contributed by atoms with Gasteiger partial charge in [-0.2, -0.15) is 11.8 Å². The fourth-order valence-corrected chi connectivity index (χ4v) is 3.15. The van der Waals surface area contributed by atoms with Crippen LogP contribution < -0.4 is 10.6 Å². The Morgan fingerprint density at radius 1 is 1.41 bits per heavy atom. The Labute approximate surface area is 117 Å². The van der Waals surface area contributed by atoms with Gasteiger partial charge in [-0.3, -0.25) is 0 Å². The van der Waals surface area contributed by atoms with E-state index in [1.54, 1.807) is 0 Å². The third kappa shape index (κ3) is 3.90. The van der Waals surface area contributed by atoms with Gasteiger partial charge >= 0.3 is 0 Å². The van der Waals surface area contributed by atoms with Gasteiger partial charge in [-0.15, -0.1) is 0 Å². The number of rotatable bonds is 5. The lowest BCUT2D eigenvalue weighted by atomic mass is 10.1. The minimum absolute atomic E-state index is 0.0624. The first-order valence-electron chi connectivity index (χ1n) is 5.74. The molecule has 1 aromatic carbocycles. The van der Waals surface area contributed by atoms with Crippen molar-refractivity contribution in [3.05, 3.63) is 28.2 Å². The van der Waals surface area contributed by atoms with Crippen molar-refractivity contribution in [1.29, 1.82) is 0 Å². The summed E-state index contributed by atoms with van der Waals surface area (Å²) in [6.45, 7) is 4.24. The summed E-state index contributed by atoms with van der Waals surface area (Å²) in [4.78, 5) is 2.30. The molecule has 0 fully saturated rings. The second-order valence-corrected chi connectivity index (χ2v) is 6.17. The van der Waals surface area contributed by atoms with Gasteiger partial charge in [0.05, 0.1) is 0 Å². The third-order valence-electron chi connectivity index (χ3n) is 2.95. The molecule has 0 aliphatic rings. The zero-order valence-corrected chi connectivity index (χ0v) is 13.3. The van der Waals surface area contributed by atoms with Crippen LogP contribution in [-0.2, 0) is 0 Å². The lowest BCUT2D eigenvalue weighted by Gasteiger charge is -2.27. The Kier molecular flexibility index (Phi) is 5.83. The van der Waals surface area contributed by atoms with Crippen LogP contribution in [0.4, 0.5) is 5.69 Å². The molecule has 17 heavy (non-hydrogen) atoms. The van der Waals surface area contributed by atoms with Crippen LogP contribution in [-0.4, -0.2) is 25.1 Å². The maximum absolute atomic E-state index is 5.90. The number of hydrogen-bond acceptors (Lipinski definition) is 3. The summed E-state index contributed by atoms with van der Waals surface area (Å²) in [6.07, 6.45) is 2.14. The monoisotopic (exact) mass is 316 g/mol. The fourth-order valence-electron chi connectivity index (χ4n) is 1.71. The van der Waals surface area contributed by atoms with Crippen LogP contribution in [0.3, 0.4) is 0 Å². The molecule has 0 bridgehead atoms. The molecule has 0 saturated carbocycles. The molecule has 0 radical (unpaired) electrons. The maximum Gasteiger partial charge on any atom is 0.0377 e. The number of halogens is 1. The molecule has 1 rings (SSSR count). The van der Waals surface area contributed by atoms with Crippen molar-refractivity contribution in [2.75, 3.05) is 24.0 Å². The standard InChI is InChI=1S/C13H21BrN2S/c1-9(8-17-4)16(3)11-5-6-12(10(2)15)13(14)7-11/h5-7,9-10H,8,15H2,1-4H3/t9?,10-/m1/s1. The quantitative estimate of drug-likeness (QED) is 0.899. The summed E-state index contributed by atoms with van der Waals surface area (Å²) < 4.78 is 1.09. The highest BCUT2D eigenvalue weighted by atomic mass is 79.9. The number of nitrogens with two attached hydrogens (primary N) is 1. The topological polar surface area (TPSA) is 29.3 Å². The van der Waals surface area contributed by atoms with Crippen LogP contribution in [0.5, 0.6) is 0 Å². The molecule has 2 N–H and O–H groups in total. The first-order valence-corrected chi connectivity index (χ1v) is 7.92. The average molecular weight is 317 g/mol. The van der Waals surface area contributed by atoms with E-state index < -0.39 is 0 Å². The lowest BCUT2D eigenvalue weighted by molar-refractivity contribution is 0.763. The van der Waals surface area contributed by atoms with E-state index >= 15 is 0 Å². The van der Waals surface area contributed by atoms with Gasteiger partial charge in [0, 0.05) is 35.0 Å². The van der Waals surface area contributed by atoms with Gasteiger partial charge < -0.3 is 10.6 Å². The largest absolute Gasteiger partial charge is 0.371 e. The van der Waals surface area contributed by atoms with E-state index in [-0.39, 0.29) is 6.04 Å². The van der Waals surface area contributed by atoms with Gasteiger partial charge in [-0.05, 0) is 37.8 Å². The molecule has 0 spiro atoms. The van der Waals surface area contributed by atoms with Gasteiger partial charge in [-0.1, -0.05) is 22.0 Å². The van der Waals surface area contributed by atoms with E-state index in [2.05, 4.69) is 59.3 Å². The van der Waals surface area contributed by atoms with Crippen LogP contribution in [0.2, 0.25) is 0 Å². The number of benzene rings is 1. The minimum Gasteiger partial charge on any atom is -0.371 e. The van der Waals surface area contributed by atoms with Crippen molar-refractivity contribution in [2.24, 2.45) is 5.73 Å². The van der Waals surface area contributed by atoms with Gasteiger partial charge in [0.25, 0.3) is 0 Å². The highest BCUT2D eigenvalue weighted by Gasteiger charge is 2.12. The second-order valence-electron chi connectivity index (χ2n) is 4.41. The molecule has 0 aliphatic heterocycles. The molecule has 2 atom stereocenters. The van der Waals surface area contributed by atoms with Crippen molar-refractivity contribution in [2.45, 2.75) is 25.9 Å². The van der Waals surface area contributed by atoms with Crippen LogP contribution in [0, 0.1) is 0 Å². The van der Waals surface area contributed by atoms with E-state index in [0.717, 1.165) is 15.8 Å². The Hall–Kier alpha value is -0.190. The number of nitrogens with zero attached hydrogens (tertiary/aromatic N) is 1. The van der Waals surface area contributed by atoms with E-state index in [4.69, 9.17) is 5.73 Å². The molecule has 1 aromatic rings. The predicted molar refractivity (Wildman–Crippen MR) is 83.0 cm³/mol. The summed E-state index contributed by atoms with van der Waals surface area (Å²) in [5.41, 5.74) is 8.28. The summed E-state index contributed by atoms with van der Waals surface area (Å²) in [6, 6.07) is 6.98. The van der Waals surface area contributed by atoms with E-state index in [1.807, 2.05) is 18.7 Å². The van der Waals surface area contributed by atoms with Gasteiger partial charge in [0.15, 0.2) is 0 Å². The second kappa shape index (κ2) is 6.66. The molecule has 96 valence electrons. The molecule has 1 unspecified atom stereocenters. The Bertz CT molecular complexity index is 368. The van der Waals surface area contributed by atoms with Crippen molar-refractivity contribution in [3.63, 3.8) is 0 Å². The highest BCUT2D eigenvalue weighted by molar-refractivity contribution is 9.10. The number of thioether (sulfide) groups is 1. The van der Waals surface area contributed by atoms with Crippen LogP contribution in [0.1, 0.15) is 25.5 Å². The Morgan fingerprint density at radius 3 is 2.53 bits per heavy atom. The molecule has 2 nitrogen and oxygen atoms in total. The number of anilines is 1. The van der Waals surface area contributed by atoms with Crippen LogP contribution in [0.25, 0.3) is 0 Å². The SMILES string of the molecule is CSCC(C)N(C)c1ccc([C@@H](C)N)c(Br)c1. The maximum atomic E-state index is 5.90. The molecule has 0 amide bonds. The van der Waals surface area contributed by atoms with Gasteiger partial charge in [0.2, 0.25) is 0 Å². The summed E-state index contributed by atoms with van der Waals surface area (Å²) in [5.74, 6) is 1.13. The summed E-state index contributed by atoms with van der Waals surface area (Å²) >= 11 is 5.46. The van der Waals surface area contributed by atoms with E-state index in [0.29, 0.717) is 6.04 Å². The third-order valence-corrected chi connectivity index (χ3v) is 4.45. The molecule has 0 heterocycles. The average Bonchev–Trinajstić information content (AvgIpc) is 2.27. The molecule has 0 saturated heterocycles. The number of hydrogen-bond donors (Lipinski definition) is 1. The van der Waals surface area contributed by atoms with Crippen LogP contribution >= 0.6 is 27.7 Å². The van der Waals surface area contributed by atoms with E-state index in [9.17, 15) is 0 Å². The van der Waals surface area contributed by atoms with Crippen molar-refractivity contribution in [3.8, 4) is 0 Å². The van der Waals surface area contributed by atoms with Crippen molar-refractivity contribution in [1.82, 2.24) is 0 Å². The first-order chi connectivity index (χ1) is 7.97. The molecular formula is C13H21BrN2S. The van der Waals surface area contributed by atoms with Crippen LogP contribution in [0.15, 0.2) is 22.7 Å². The lowest BCUT2D eigenvalue weighted by Crippen LogP contribution is -2.30. The first kappa shape index (κ1) is 14.9. The summed E-state index contributed by atoms with van der Waals surface area (Å²) in [5, 5.41) is 0.